The van der Waals surface area contributed by atoms with Gasteiger partial charge in [0.25, 0.3) is 0 Å². The van der Waals surface area contributed by atoms with Crippen LogP contribution in [-0.4, -0.2) is 16.0 Å². The molecule has 2 aromatic heterocycles. The van der Waals surface area contributed by atoms with Crippen LogP contribution in [0.5, 0.6) is 0 Å². The largest absolute Gasteiger partial charge is 0.360 e. The van der Waals surface area contributed by atoms with E-state index in [-0.39, 0.29) is 12.3 Å². The Labute approximate surface area is 90.1 Å². The molecule has 0 fully saturated rings. The number of aromatic nitrogens is 2. The fourth-order valence-corrected chi connectivity index (χ4v) is 1.66. The maximum Gasteiger partial charge on any atom is 0.231 e. The van der Waals surface area contributed by atoms with Crippen molar-refractivity contribution in [2.75, 3.05) is 5.32 Å². The van der Waals surface area contributed by atoms with Gasteiger partial charge in [-0.15, -0.1) is 11.3 Å². The van der Waals surface area contributed by atoms with Crippen molar-refractivity contribution in [3.63, 3.8) is 0 Å². The molecule has 0 aliphatic carbocycles. The summed E-state index contributed by atoms with van der Waals surface area (Å²) < 4.78 is 4.82. The van der Waals surface area contributed by atoms with Crippen molar-refractivity contribution in [3.05, 3.63) is 28.4 Å². The Morgan fingerprint density at radius 3 is 3.13 bits per heavy atom. The third kappa shape index (κ3) is 2.63. The molecule has 1 N–H and O–H groups in total. The first kappa shape index (κ1) is 9.85. The topological polar surface area (TPSA) is 68.0 Å². The number of thiazole rings is 1. The minimum atomic E-state index is -0.144. The summed E-state index contributed by atoms with van der Waals surface area (Å²) in [6.45, 7) is 1.77. The predicted octanol–water partition coefficient (Wildman–Crippen LogP) is 1.62. The second-order valence-corrected chi connectivity index (χ2v) is 3.75. The van der Waals surface area contributed by atoms with Gasteiger partial charge >= 0.3 is 0 Å². The van der Waals surface area contributed by atoms with Crippen molar-refractivity contribution in [3.8, 4) is 0 Å². The van der Waals surface area contributed by atoms with E-state index in [2.05, 4.69) is 15.5 Å². The van der Waals surface area contributed by atoms with Crippen molar-refractivity contribution in [2.24, 2.45) is 0 Å². The Bertz CT molecular complexity index is 450. The van der Waals surface area contributed by atoms with Crippen LogP contribution in [-0.2, 0) is 11.2 Å². The van der Waals surface area contributed by atoms with E-state index in [1.165, 1.54) is 11.3 Å². The van der Waals surface area contributed by atoms with Crippen LogP contribution < -0.4 is 5.32 Å². The van der Waals surface area contributed by atoms with Crippen molar-refractivity contribution in [2.45, 2.75) is 13.3 Å². The van der Waals surface area contributed by atoms with E-state index in [1.807, 2.05) is 5.38 Å². The molecule has 6 heteroatoms. The first-order chi connectivity index (χ1) is 7.24. The van der Waals surface area contributed by atoms with Crippen LogP contribution in [0, 0.1) is 6.92 Å². The van der Waals surface area contributed by atoms with E-state index < -0.39 is 0 Å². The van der Waals surface area contributed by atoms with Gasteiger partial charge in [-0.1, -0.05) is 5.16 Å². The zero-order valence-corrected chi connectivity index (χ0v) is 8.87. The van der Waals surface area contributed by atoms with E-state index in [4.69, 9.17) is 4.52 Å². The SMILES string of the molecule is Cc1cc(NC(=O)Cc2cscn2)no1. The Hall–Kier alpha value is -1.69. The summed E-state index contributed by atoms with van der Waals surface area (Å²) >= 11 is 1.47. The first-order valence-corrected chi connectivity index (χ1v) is 5.28. The molecule has 0 bridgehead atoms. The van der Waals surface area contributed by atoms with Crippen LogP contribution in [0.15, 0.2) is 21.5 Å². The molecule has 2 heterocycles. The Balaban J connectivity index is 1.93. The molecule has 2 rings (SSSR count). The fourth-order valence-electron chi connectivity index (χ4n) is 1.10. The molecular formula is C9H9N3O2S. The van der Waals surface area contributed by atoms with Gasteiger partial charge in [-0.2, -0.15) is 0 Å². The Morgan fingerprint density at radius 2 is 2.53 bits per heavy atom. The van der Waals surface area contributed by atoms with Gasteiger partial charge in [0.05, 0.1) is 17.6 Å². The number of anilines is 1. The summed E-state index contributed by atoms with van der Waals surface area (Å²) in [4.78, 5) is 15.5. The molecule has 0 saturated carbocycles. The summed E-state index contributed by atoms with van der Waals surface area (Å²) in [5, 5.41) is 8.12. The van der Waals surface area contributed by atoms with E-state index in [1.54, 1.807) is 18.5 Å². The summed E-state index contributed by atoms with van der Waals surface area (Å²) in [7, 11) is 0. The van der Waals surface area contributed by atoms with Gasteiger partial charge in [-0.3, -0.25) is 4.79 Å². The van der Waals surface area contributed by atoms with Crippen LogP contribution in [0.25, 0.3) is 0 Å². The number of nitrogens with one attached hydrogen (secondary N) is 1. The van der Waals surface area contributed by atoms with E-state index in [9.17, 15) is 4.79 Å². The highest BCUT2D eigenvalue weighted by atomic mass is 32.1. The zero-order valence-electron chi connectivity index (χ0n) is 8.06. The maximum absolute atomic E-state index is 11.5. The molecule has 0 unspecified atom stereocenters. The molecule has 2 aromatic rings. The van der Waals surface area contributed by atoms with Gasteiger partial charge in [-0.05, 0) is 6.92 Å². The Kier molecular flexibility index (Phi) is 2.77. The summed E-state index contributed by atoms with van der Waals surface area (Å²) in [5.74, 6) is 0.959. The normalized spacial score (nSPS) is 10.2. The monoisotopic (exact) mass is 223 g/mol. The van der Waals surface area contributed by atoms with Crippen LogP contribution in [0.1, 0.15) is 11.5 Å². The molecule has 0 saturated heterocycles. The molecule has 5 nitrogen and oxygen atoms in total. The number of amides is 1. The molecule has 1 amide bonds. The minimum Gasteiger partial charge on any atom is -0.360 e. The molecule has 0 radical (unpaired) electrons. The van der Waals surface area contributed by atoms with Crippen molar-refractivity contribution >= 4 is 23.1 Å². The third-order valence-corrected chi connectivity index (χ3v) is 2.36. The number of hydrogen-bond acceptors (Lipinski definition) is 5. The second kappa shape index (κ2) is 4.22. The highest BCUT2D eigenvalue weighted by Crippen LogP contribution is 2.08. The van der Waals surface area contributed by atoms with Crippen molar-refractivity contribution < 1.29 is 9.32 Å². The molecule has 78 valence electrons. The predicted molar refractivity (Wildman–Crippen MR) is 55.7 cm³/mol. The van der Waals surface area contributed by atoms with E-state index in [0.717, 1.165) is 5.69 Å². The van der Waals surface area contributed by atoms with Gasteiger partial charge in [0.1, 0.15) is 5.76 Å². The van der Waals surface area contributed by atoms with Gasteiger partial charge in [0.2, 0.25) is 5.91 Å². The van der Waals surface area contributed by atoms with Gasteiger partial charge < -0.3 is 9.84 Å². The standard InChI is InChI=1S/C9H9N3O2S/c1-6-2-8(12-14-6)11-9(13)3-7-4-15-5-10-7/h2,4-5H,3H2,1H3,(H,11,12,13). The van der Waals surface area contributed by atoms with Crippen molar-refractivity contribution in [1.29, 1.82) is 0 Å². The fraction of sp³-hybridized carbons (Fsp3) is 0.222. The lowest BCUT2D eigenvalue weighted by atomic mass is 10.3. The molecular weight excluding hydrogens is 214 g/mol. The number of carbonyl (C=O) groups is 1. The zero-order chi connectivity index (χ0) is 10.7. The van der Waals surface area contributed by atoms with Crippen molar-refractivity contribution in [1.82, 2.24) is 10.1 Å². The Morgan fingerprint density at radius 1 is 1.67 bits per heavy atom. The molecule has 0 aromatic carbocycles. The van der Waals surface area contributed by atoms with Gasteiger partial charge in [-0.25, -0.2) is 4.98 Å². The average molecular weight is 223 g/mol. The lowest BCUT2D eigenvalue weighted by Gasteiger charge is -1.97. The van der Waals surface area contributed by atoms with Gasteiger partial charge in [0, 0.05) is 11.4 Å². The first-order valence-electron chi connectivity index (χ1n) is 4.34. The van der Waals surface area contributed by atoms with E-state index >= 15 is 0 Å². The van der Waals surface area contributed by atoms with E-state index in [0.29, 0.717) is 11.6 Å². The number of carbonyl (C=O) groups excluding carboxylic acids is 1. The molecule has 0 spiro atoms. The summed E-state index contributed by atoms with van der Waals surface area (Å²) in [6.07, 6.45) is 0.259. The molecule has 0 atom stereocenters. The van der Waals surface area contributed by atoms with Crippen LogP contribution >= 0.6 is 11.3 Å². The number of aryl methyl sites for hydroxylation is 1. The number of nitrogens with zero attached hydrogens (tertiary/aromatic N) is 2. The van der Waals surface area contributed by atoms with Gasteiger partial charge in [0.15, 0.2) is 5.82 Å². The lowest BCUT2D eigenvalue weighted by molar-refractivity contribution is -0.115. The highest BCUT2D eigenvalue weighted by molar-refractivity contribution is 7.07. The van der Waals surface area contributed by atoms with Crippen LogP contribution in [0.3, 0.4) is 0 Å². The number of hydrogen-bond donors (Lipinski definition) is 1. The van der Waals surface area contributed by atoms with Crippen LogP contribution in [0.2, 0.25) is 0 Å². The van der Waals surface area contributed by atoms with Crippen LogP contribution in [0.4, 0.5) is 5.82 Å². The summed E-state index contributed by atoms with van der Waals surface area (Å²) in [5.41, 5.74) is 2.46. The number of rotatable bonds is 3. The smallest absolute Gasteiger partial charge is 0.231 e. The maximum atomic E-state index is 11.5. The minimum absolute atomic E-state index is 0.144. The molecule has 0 aliphatic rings. The third-order valence-electron chi connectivity index (χ3n) is 1.72. The quantitative estimate of drug-likeness (QED) is 0.858. The molecule has 0 aliphatic heterocycles. The second-order valence-electron chi connectivity index (χ2n) is 3.03. The lowest BCUT2D eigenvalue weighted by Crippen LogP contribution is -2.14. The summed E-state index contributed by atoms with van der Waals surface area (Å²) in [6, 6.07) is 1.67. The highest BCUT2D eigenvalue weighted by Gasteiger charge is 2.07. The average Bonchev–Trinajstić information content (AvgIpc) is 2.77. The molecule has 15 heavy (non-hydrogen) atoms.